The van der Waals surface area contributed by atoms with Gasteiger partial charge in [-0.2, -0.15) is 0 Å². The summed E-state index contributed by atoms with van der Waals surface area (Å²) in [4.78, 5) is 4.05. The maximum absolute atomic E-state index is 13.5. The number of halogens is 2. The first-order valence-electron chi connectivity index (χ1n) is 4.96. The number of hydrogen-bond donors (Lipinski definition) is 1. The lowest BCUT2D eigenvalue weighted by Crippen LogP contribution is -1.93. The van der Waals surface area contributed by atoms with E-state index >= 15 is 0 Å². The number of ether oxygens (including phenoxy) is 1. The van der Waals surface area contributed by atoms with Gasteiger partial charge in [-0.25, -0.2) is 9.37 Å². The molecule has 1 aromatic carbocycles. The van der Waals surface area contributed by atoms with Crippen LogP contribution in [0.3, 0.4) is 0 Å². The van der Waals surface area contributed by atoms with Crippen LogP contribution in [0.2, 0.25) is 0 Å². The minimum absolute atomic E-state index is 0.174. The number of aromatic nitrogens is 1. The summed E-state index contributed by atoms with van der Waals surface area (Å²) in [5, 5.41) is 2.89. The Bertz CT molecular complexity index is 534. The summed E-state index contributed by atoms with van der Waals surface area (Å²) < 4.78 is 19.7. The summed E-state index contributed by atoms with van der Waals surface area (Å²) in [5.74, 6) is 0.961. The van der Waals surface area contributed by atoms with Crippen molar-refractivity contribution in [2.24, 2.45) is 0 Å². The lowest BCUT2D eigenvalue weighted by atomic mass is 10.3. The number of hydrogen-bond acceptors (Lipinski definition) is 3. The fourth-order valence-electron chi connectivity index (χ4n) is 1.29. The van der Waals surface area contributed by atoms with Crippen molar-refractivity contribution >= 4 is 21.7 Å². The van der Waals surface area contributed by atoms with Crippen LogP contribution in [-0.4, -0.2) is 12.0 Å². The van der Waals surface area contributed by atoms with Gasteiger partial charge in [0.25, 0.3) is 0 Å². The lowest BCUT2D eigenvalue weighted by molar-refractivity contribution is 0.441. The van der Waals surface area contributed by atoms with E-state index in [1.807, 2.05) is 0 Å². The van der Waals surface area contributed by atoms with Crippen LogP contribution in [-0.2, 0) is 0 Å². The third-order valence-electron chi connectivity index (χ3n) is 2.11. The fourth-order valence-corrected chi connectivity index (χ4v) is 1.63. The largest absolute Gasteiger partial charge is 0.454 e. The van der Waals surface area contributed by atoms with Crippen LogP contribution in [0.4, 0.5) is 10.2 Å². The highest BCUT2D eigenvalue weighted by Gasteiger charge is 2.06. The van der Waals surface area contributed by atoms with Crippen LogP contribution < -0.4 is 10.1 Å². The molecule has 0 unspecified atom stereocenters. The van der Waals surface area contributed by atoms with Gasteiger partial charge in [-0.15, -0.1) is 0 Å². The fraction of sp³-hybridized carbons (Fsp3) is 0.0833. The molecule has 0 bridgehead atoms. The van der Waals surface area contributed by atoms with E-state index in [2.05, 4.69) is 26.2 Å². The highest BCUT2D eigenvalue weighted by atomic mass is 79.9. The topological polar surface area (TPSA) is 34.1 Å². The molecule has 3 nitrogen and oxygen atoms in total. The number of nitrogens with one attached hydrogen (secondary N) is 1. The number of anilines is 1. The van der Waals surface area contributed by atoms with Gasteiger partial charge in [0.2, 0.25) is 0 Å². The average Bonchev–Trinajstić information content (AvgIpc) is 2.34. The van der Waals surface area contributed by atoms with Crippen molar-refractivity contribution in [3.63, 3.8) is 0 Å². The smallest absolute Gasteiger partial charge is 0.165 e. The zero-order valence-electron chi connectivity index (χ0n) is 9.08. The van der Waals surface area contributed by atoms with Crippen molar-refractivity contribution < 1.29 is 9.13 Å². The van der Waals surface area contributed by atoms with Crippen LogP contribution >= 0.6 is 15.9 Å². The van der Waals surface area contributed by atoms with Crippen LogP contribution in [0.1, 0.15) is 0 Å². The Kier molecular flexibility index (Phi) is 3.58. The van der Waals surface area contributed by atoms with E-state index in [1.54, 1.807) is 37.5 Å². The molecule has 1 aromatic heterocycles. The number of benzene rings is 1. The predicted molar refractivity (Wildman–Crippen MR) is 68.0 cm³/mol. The summed E-state index contributed by atoms with van der Waals surface area (Å²) in [6, 6.07) is 7.91. The first kappa shape index (κ1) is 11.9. The van der Waals surface area contributed by atoms with Gasteiger partial charge in [0.15, 0.2) is 11.6 Å². The normalized spacial score (nSPS) is 10.1. The molecule has 0 fully saturated rings. The predicted octanol–water partition coefficient (Wildman–Crippen LogP) is 3.82. The highest BCUT2D eigenvalue weighted by molar-refractivity contribution is 9.10. The maximum atomic E-state index is 13.5. The second-order valence-electron chi connectivity index (χ2n) is 3.30. The molecule has 0 aliphatic rings. The van der Waals surface area contributed by atoms with E-state index in [9.17, 15) is 4.39 Å². The van der Waals surface area contributed by atoms with E-state index in [-0.39, 0.29) is 5.75 Å². The van der Waals surface area contributed by atoms with Gasteiger partial charge in [0, 0.05) is 23.8 Å². The molecule has 0 spiro atoms. The summed E-state index contributed by atoms with van der Waals surface area (Å²) in [6.45, 7) is 0. The summed E-state index contributed by atoms with van der Waals surface area (Å²) in [5.41, 5.74) is 0. The summed E-state index contributed by atoms with van der Waals surface area (Å²) >= 11 is 3.27. The molecule has 0 aliphatic carbocycles. The van der Waals surface area contributed by atoms with Crippen LogP contribution in [0.5, 0.6) is 11.5 Å². The zero-order chi connectivity index (χ0) is 12.3. The minimum Gasteiger partial charge on any atom is -0.454 e. The van der Waals surface area contributed by atoms with Crippen molar-refractivity contribution in [3.8, 4) is 11.5 Å². The van der Waals surface area contributed by atoms with Gasteiger partial charge >= 0.3 is 0 Å². The standard InChI is InChI=1S/C12H10BrFN2O/c1-15-12-7-9(4-5-16-12)17-11-6-8(13)2-3-10(11)14/h2-7H,1H3,(H,15,16). The van der Waals surface area contributed by atoms with Gasteiger partial charge in [-0.3, -0.25) is 0 Å². The van der Waals surface area contributed by atoms with Gasteiger partial charge in [0.05, 0.1) is 0 Å². The first-order valence-corrected chi connectivity index (χ1v) is 5.75. The Morgan fingerprint density at radius 1 is 1.29 bits per heavy atom. The average molecular weight is 297 g/mol. The van der Waals surface area contributed by atoms with Crippen molar-refractivity contribution in [1.82, 2.24) is 4.98 Å². The monoisotopic (exact) mass is 296 g/mol. The molecule has 1 N–H and O–H groups in total. The summed E-state index contributed by atoms with van der Waals surface area (Å²) in [7, 11) is 1.76. The molecule has 17 heavy (non-hydrogen) atoms. The molecule has 0 atom stereocenters. The van der Waals surface area contributed by atoms with E-state index in [0.717, 1.165) is 4.47 Å². The first-order chi connectivity index (χ1) is 8.19. The number of pyridine rings is 1. The van der Waals surface area contributed by atoms with E-state index in [1.165, 1.54) is 6.07 Å². The Hall–Kier alpha value is -1.62. The van der Waals surface area contributed by atoms with Crippen LogP contribution in [0.25, 0.3) is 0 Å². The Balaban J connectivity index is 2.27. The van der Waals surface area contributed by atoms with Gasteiger partial charge in [-0.05, 0) is 24.3 Å². The quantitative estimate of drug-likeness (QED) is 0.935. The van der Waals surface area contributed by atoms with Gasteiger partial charge in [0.1, 0.15) is 11.6 Å². The second kappa shape index (κ2) is 5.14. The maximum Gasteiger partial charge on any atom is 0.165 e. The molecule has 2 aromatic rings. The Morgan fingerprint density at radius 3 is 2.88 bits per heavy atom. The minimum atomic E-state index is -0.406. The van der Waals surface area contributed by atoms with Gasteiger partial charge in [-0.1, -0.05) is 15.9 Å². The number of nitrogens with zero attached hydrogens (tertiary/aromatic N) is 1. The molecule has 5 heteroatoms. The third-order valence-corrected chi connectivity index (χ3v) is 2.60. The number of rotatable bonds is 3. The molecule has 0 radical (unpaired) electrons. The molecule has 0 aliphatic heterocycles. The van der Waals surface area contributed by atoms with E-state index in [0.29, 0.717) is 11.6 Å². The molecule has 88 valence electrons. The van der Waals surface area contributed by atoms with Crippen molar-refractivity contribution in [1.29, 1.82) is 0 Å². The molecular formula is C12H10BrFN2O. The Labute approximate surface area is 107 Å². The van der Waals surface area contributed by atoms with Gasteiger partial charge < -0.3 is 10.1 Å². The SMILES string of the molecule is CNc1cc(Oc2cc(Br)ccc2F)ccn1. The summed E-state index contributed by atoms with van der Waals surface area (Å²) in [6.07, 6.45) is 1.59. The van der Waals surface area contributed by atoms with Crippen molar-refractivity contribution in [3.05, 3.63) is 46.8 Å². The second-order valence-corrected chi connectivity index (χ2v) is 4.22. The lowest BCUT2D eigenvalue weighted by Gasteiger charge is -2.08. The molecule has 1 heterocycles. The molecule has 0 saturated heterocycles. The van der Waals surface area contributed by atoms with E-state index < -0.39 is 5.82 Å². The molecular weight excluding hydrogens is 287 g/mol. The highest BCUT2D eigenvalue weighted by Crippen LogP contribution is 2.28. The van der Waals surface area contributed by atoms with Crippen LogP contribution in [0.15, 0.2) is 41.0 Å². The molecule has 0 amide bonds. The molecule has 2 rings (SSSR count). The van der Waals surface area contributed by atoms with Crippen LogP contribution in [0, 0.1) is 5.82 Å². The Morgan fingerprint density at radius 2 is 2.12 bits per heavy atom. The van der Waals surface area contributed by atoms with Crippen molar-refractivity contribution in [2.45, 2.75) is 0 Å². The molecule has 0 saturated carbocycles. The van der Waals surface area contributed by atoms with Crippen molar-refractivity contribution in [2.75, 3.05) is 12.4 Å². The van der Waals surface area contributed by atoms with E-state index in [4.69, 9.17) is 4.74 Å². The third kappa shape index (κ3) is 2.94. The zero-order valence-corrected chi connectivity index (χ0v) is 10.7.